The van der Waals surface area contributed by atoms with Crippen LogP contribution in [0.15, 0.2) is 91.0 Å². The second-order valence-electron chi connectivity index (χ2n) is 6.88. The largest absolute Gasteiger partial charge is 0.352 e. The first kappa shape index (κ1) is 19.3. The molecule has 1 aromatic heterocycles. The van der Waals surface area contributed by atoms with Crippen LogP contribution in [0.3, 0.4) is 0 Å². The molecule has 0 aliphatic rings. The maximum absolute atomic E-state index is 12.7. The second kappa shape index (κ2) is 9.01. The first-order valence-electron chi connectivity index (χ1n) is 9.79. The Balaban J connectivity index is 1.45. The van der Waals surface area contributed by atoms with Crippen LogP contribution in [0.25, 0.3) is 10.9 Å². The molecule has 148 valence electrons. The van der Waals surface area contributed by atoms with Crippen LogP contribution < -0.4 is 10.6 Å². The maximum Gasteiger partial charge on any atom is 0.274 e. The van der Waals surface area contributed by atoms with E-state index in [1.807, 2.05) is 60.7 Å². The molecule has 0 aliphatic carbocycles. The van der Waals surface area contributed by atoms with E-state index in [0.717, 1.165) is 22.9 Å². The number of fused-ring (bicyclic) bond motifs is 1. The maximum atomic E-state index is 12.7. The molecule has 0 spiro atoms. The zero-order valence-corrected chi connectivity index (χ0v) is 16.3. The predicted octanol–water partition coefficient (Wildman–Crippen LogP) is 4.46. The van der Waals surface area contributed by atoms with Crippen molar-refractivity contribution in [2.24, 2.45) is 0 Å². The van der Waals surface area contributed by atoms with Gasteiger partial charge in [0.2, 0.25) is 0 Å². The van der Waals surface area contributed by atoms with Crippen LogP contribution in [0.4, 0.5) is 5.69 Å². The molecule has 30 heavy (non-hydrogen) atoms. The Morgan fingerprint density at radius 2 is 1.47 bits per heavy atom. The first-order valence-corrected chi connectivity index (χ1v) is 9.79. The summed E-state index contributed by atoms with van der Waals surface area (Å²) in [5.74, 6) is -0.585. The molecule has 0 saturated carbocycles. The third-order valence-electron chi connectivity index (χ3n) is 4.79. The quantitative estimate of drug-likeness (QED) is 0.506. The van der Waals surface area contributed by atoms with Gasteiger partial charge in [0, 0.05) is 11.9 Å². The molecular formula is C25H21N3O2. The number of nitrogens with one attached hydrogen (secondary N) is 2. The third-order valence-corrected chi connectivity index (χ3v) is 4.79. The van der Waals surface area contributed by atoms with Crippen LogP contribution in [0.2, 0.25) is 0 Å². The monoisotopic (exact) mass is 395 g/mol. The Morgan fingerprint density at radius 3 is 2.33 bits per heavy atom. The molecule has 0 radical (unpaired) electrons. The third kappa shape index (κ3) is 4.52. The van der Waals surface area contributed by atoms with Gasteiger partial charge in [-0.3, -0.25) is 9.59 Å². The number of hydrogen-bond acceptors (Lipinski definition) is 3. The summed E-state index contributed by atoms with van der Waals surface area (Å²) in [7, 11) is 0. The first-order chi connectivity index (χ1) is 14.7. The highest BCUT2D eigenvalue weighted by atomic mass is 16.2. The summed E-state index contributed by atoms with van der Waals surface area (Å²) >= 11 is 0. The van der Waals surface area contributed by atoms with E-state index in [1.165, 1.54) is 0 Å². The van der Waals surface area contributed by atoms with Crippen molar-refractivity contribution in [2.75, 3.05) is 11.9 Å². The van der Waals surface area contributed by atoms with Gasteiger partial charge in [0.1, 0.15) is 5.69 Å². The molecule has 3 aromatic carbocycles. The summed E-state index contributed by atoms with van der Waals surface area (Å²) in [5.41, 5.74) is 3.07. The van der Waals surface area contributed by atoms with E-state index in [1.54, 1.807) is 30.3 Å². The lowest BCUT2D eigenvalue weighted by Gasteiger charge is -2.11. The van der Waals surface area contributed by atoms with Crippen molar-refractivity contribution in [3.8, 4) is 0 Å². The van der Waals surface area contributed by atoms with Crippen LogP contribution in [-0.2, 0) is 6.42 Å². The summed E-state index contributed by atoms with van der Waals surface area (Å²) in [6.45, 7) is 0.511. The van der Waals surface area contributed by atoms with Crippen LogP contribution >= 0.6 is 0 Å². The number of rotatable bonds is 6. The van der Waals surface area contributed by atoms with Crippen molar-refractivity contribution >= 4 is 28.4 Å². The molecule has 0 unspecified atom stereocenters. The molecular weight excluding hydrogens is 374 g/mol. The van der Waals surface area contributed by atoms with Gasteiger partial charge in [-0.15, -0.1) is 0 Å². The van der Waals surface area contributed by atoms with Crippen LogP contribution in [0, 0.1) is 0 Å². The van der Waals surface area contributed by atoms with E-state index >= 15 is 0 Å². The Hall–Kier alpha value is -3.99. The highest BCUT2D eigenvalue weighted by Crippen LogP contribution is 2.17. The van der Waals surface area contributed by atoms with Crippen LogP contribution in [-0.4, -0.2) is 23.3 Å². The van der Waals surface area contributed by atoms with Gasteiger partial charge in [-0.2, -0.15) is 0 Å². The summed E-state index contributed by atoms with van der Waals surface area (Å²) in [4.78, 5) is 29.8. The average molecular weight is 395 g/mol. The number of pyridine rings is 1. The predicted molar refractivity (Wildman–Crippen MR) is 119 cm³/mol. The molecule has 0 aliphatic heterocycles. The number of anilines is 1. The molecule has 4 aromatic rings. The minimum Gasteiger partial charge on any atom is -0.352 e. The molecule has 2 N–H and O–H groups in total. The molecule has 2 amide bonds. The van der Waals surface area contributed by atoms with Gasteiger partial charge < -0.3 is 10.6 Å². The number of carbonyl (C=O) groups excluding carboxylic acids is 2. The summed E-state index contributed by atoms with van der Waals surface area (Å²) in [5, 5.41) is 6.70. The van der Waals surface area contributed by atoms with Gasteiger partial charge in [0.05, 0.1) is 16.8 Å². The lowest BCUT2D eigenvalue weighted by molar-refractivity contribution is 0.0955. The number of nitrogens with zero attached hydrogens (tertiary/aromatic N) is 1. The van der Waals surface area contributed by atoms with Gasteiger partial charge in [-0.1, -0.05) is 66.7 Å². The fraction of sp³-hybridized carbons (Fsp3) is 0.0800. The molecule has 0 fully saturated rings. The number of benzene rings is 3. The molecule has 0 saturated heterocycles. The lowest BCUT2D eigenvalue weighted by Crippen LogP contribution is -2.27. The number of carbonyl (C=O) groups is 2. The Morgan fingerprint density at radius 1 is 0.733 bits per heavy atom. The Bertz CT molecular complexity index is 1190. The zero-order chi connectivity index (χ0) is 20.8. The van der Waals surface area contributed by atoms with E-state index in [-0.39, 0.29) is 11.8 Å². The van der Waals surface area contributed by atoms with Gasteiger partial charge in [-0.05, 0) is 36.2 Å². The number of para-hydroxylation sites is 2. The summed E-state index contributed by atoms with van der Waals surface area (Å²) in [6.07, 6.45) is 0.738. The molecule has 5 heteroatoms. The van der Waals surface area contributed by atoms with Gasteiger partial charge in [0.15, 0.2) is 0 Å². The standard InChI is InChI=1S/C25H21N3O2/c29-24(26-17-16-18-8-2-1-3-9-18)20-11-5-7-13-22(20)28-25(30)23-15-14-19-10-4-6-12-21(19)27-23/h1-15H,16-17H2,(H,26,29)(H,28,30). The van der Waals surface area contributed by atoms with Crippen molar-refractivity contribution in [1.82, 2.24) is 10.3 Å². The minimum absolute atomic E-state index is 0.228. The minimum atomic E-state index is -0.356. The number of aromatic nitrogens is 1. The Kier molecular flexibility index (Phi) is 5.80. The topological polar surface area (TPSA) is 71.1 Å². The average Bonchev–Trinajstić information content (AvgIpc) is 2.79. The van der Waals surface area contributed by atoms with Crippen molar-refractivity contribution in [3.63, 3.8) is 0 Å². The fourth-order valence-corrected chi connectivity index (χ4v) is 3.23. The summed E-state index contributed by atoms with van der Waals surface area (Å²) in [6, 6.07) is 28.1. The van der Waals surface area contributed by atoms with Crippen molar-refractivity contribution in [1.29, 1.82) is 0 Å². The van der Waals surface area contributed by atoms with Crippen molar-refractivity contribution < 1.29 is 9.59 Å². The summed E-state index contributed by atoms with van der Waals surface area (Å²) < 4.78 is 0. The van der Waals surface area contributed by atoms with Crippen molar-refractivity contribution in [2.45, 2.75) is 6.42 Å². The molecule has 4 rings (SSSR count). The number of hydrogen-bond donors (Lipinski definition) is 2. The van der Waals surface area contributed by atoms with E-state index in [2.05, 4.69) is 15.6 Å². The Labute approximate surface area is 174 Å². The van der Waals surface area contributed by atoms with E-state index in [4.69, 9.17) is 0 Å². The molecule has 0 bridgehead atoms. The van der Waals surface area contributed by atoms with Crippen LogP contribution in [0.5, 0.6) is 0 Å². The van der Waals surface area contributed by atoms with Gasteiger partial charge in [0.25, 0.3) is 11.8 Å². The second-order valence-corrected chi connectivity index (χ2v) is 6.88. The smallest absolute Gasteiger partial charge is 0.274 e. The van der Waals surface area contributed by atoms with Crippen LogP contribution in [0.1, 0.15) is 26.4 Å². The highest BCUT2D eigenvalue weighted by Gasteiger charge is 2.15. The van der Waals surface area contributed by atoms with E-state index in [0.29, 0.717) is 23.5 Å². The van der Waals surface area contributed by atoms with E-state index in [9.17, 15) is 9.59 Å². The SMILES string of the molecule is O=C(Nc1ccccc1C(=O)NCCc1ccccc1)c1ccc2ccccc2n1. The normalized spacial score (nSPS) is 10.5. The molecule has 0 atom stereocenters. The highest BCUT2D eigenvalue weighted by molar-refractivity contribution is 6.08. The van der Waals surface area contributed by atoms with E-state index < -0.39 is 0 Å². The van der Waals surface area contributed by atoms with Gasteiger partial charge in [-0.25, -0.2) is 4.98 Å². The number of amides is 2. The van der Waals surface area contributed by atoms with Gasteiger partial charge >= 0.3 is 0 Å². The molecule has 5 nitrogen and oxygen atoms in total. The zero-order valence-electron chi connectivity index (χ0n) is 16.3. The fourth-order valence-electron chi connectivity index (χ4n) is 3.23. The molecule has 1 heterocycles. The lowest BCUT2D eigenvalue weighted by atomic mass is 10.1. The van der Waals surface area contributed by atoms with Crippen molar-refractivity contribution in [3.05, 3.63) is 108 Å².